The predicted octanol–water partition coefficient (Wildman–Crippen LogP) is 2.57. The molecule has 1 heterocycles. The summed E-state index contributed by atoms with van der Waals surface area (Å²) in [4.78, 5) is 14.6. The molecule has 0 radical (unpaired) electrons. The molecule has 3 atom stereocenters. The number of nitrogens with one attached hydrogen (secondary N) is 1. The molecule has 1 aromatic carbocycles. The van der Waals surface area contributed by atoms with Gasteiger partial charge in [0.05, 0.1) is 12.1 Å². The van der Waals surface area contributed by atoms with E-state index in [1.165, 1.54) is 0 Å². The SMILES string of the molecule is CCOC(C)CN1C(=O)C(C(C)C)NC1c1ccccc1. The molecule has 4 nitrogen and oxygen atoms in total. The first-order valence-electron chi connectivity index (χ1n) is 7.77. The molecule has 1 aliphatic heterocycles. The van der Waals surface area contributed by atoms with Crippen molar-refractivity contribution in [1.82, 2.24) is 10.2 Å². The zero-order chi connectivity index (χ0) is 15.4. The van der Waals surface area contributed by atoms with E-state index in [1.807, 2.05) is 36.9 Å². The van der Waals surface area contributed by atoms with Gasteiger partial charge in [0.1, 0.15) is 6.17 Å². The number of rotatable bonds is 6. The fourth-order valence-corrected chi connectivity index (χ4v) is 2.84. The van der Waals surface area contributed by atoms with Crippen molar-refractivity contribution in [2.45, 2.75) is 46.0 Å². The van der Waals surface area contributed by atoms with Crippen molar-refractivity contribution in [3.8, 4) is 0 Å². The van der Waals surface area contributed by atoms with Gasteiger partial charge in [-0.3, -0.25) is 10.1 Å². The molecule has 0 bridgehead atoms. The maximum Gasteiger partial charge on any atom is 0.241 e. The minimum Gasteiger partial charge on any atom is -0.377 e. The molecule has 116 valence electrons. The van der Waals surface area contributed by atoms with E-state index in [-0.39, 0.29) is 30.1 Å². The number of hydrogen-bond donors (Lipinski definition) is 1. The fraction of sp³-hybridized carbons (Fsp3) is 0.588. The van der Waals surface area contributed by atoms with Crippen LogP contribution < -0.4 is 5.32 Å². The van der Waals surface area contributed by atoms with Crippen LogP contribution in [0.1, 0.15) is 39.4 Å². The summed E-state index contributed by atoms with van der Waals surface area (Å²) in [6.45, 7) is 9.43. The molecule has 1 saturated heterocycles. The van der Waals surface area contributed by atoms with Gasteiger partial charge < -0.3 is 9.64 Å². The molecule has 0 aromatic heterocycles. The summed E-state index contributed by atoms with van der Waals surface area (Å²) >= 11 is 0. The quantitative estimate of drug-likeness (QED) is 0.875. The summed E-state index contributed by atoms with van der Waals surface area (Å²) < 4.78 is 5.61. The molecule has 1 N–H and O–H groups in total. The molecule has 3 unspecified atom stereocenters. The third-order valence-corrected chi connectivity index (χ3v) is 3.89. The highest BCUT2D eigenvalue weighted by atomic mass is 16.5. The summed E-state index contributed by atoms with van der Waals surface area (Å²) in [5.41, 5.74) is 1.12. The van der Waals surface area contributed by atoms with E-state index in [1.54, 1.807) is 0 Å². The second-order valence-corrected chi connectivity index (χ2v) is 5.96. The van der Waals surface area contributed by atoms with Crippen LogP contribution in [0.2, 0.25) is 0 Å². The molecule has 4 heteroatoms. The Hall–Kier alpha value is -1.39. The standard InChI is InChI=1S/C17H26N2O2/c1-5-21-13(4)11-19-16(14-9-7-6-8-10-14)18-15(12(2)3)17(19)20/h6-10,12-13,15-16,18H,5,11H2,1-4H3. The highest BCUT2D eigenvalue weighted by Gasteiger charge is 2.41. The van der Waals surface area contributed by atoms with E-state index >= 15 is 0 Å². The van der Waals surface area contributed by atoms with Crippen LogP contribution in [-0.2, 0) is 9.53 Å². The normalized spacial score (nSPS) is 23.9. The number of nitrogens with zero attached hydrogens (tertiary/aromatic N) is 1. The van der Waals surface area contributed by atoms with Gasteiger partial charge in [0, 0.05) is 13.2 Å². The van der Waals surface area contributed by atoms with E-state index in [0.29, 0.717) is 13.2 Å². The Labute approximate surface area is 127 Å². The average molecular weight is 290 g/mol. The van der Waals surface area contributed by atoms with Crippen molar-refractivity contribution >= 4 is 5.91 Å². The average Bonchev–Trinajstić information content (AvgIpc) is 2.78. The van der Waals surface area contributed by atoms with Gasteiger partial charge >= 0.3 is 0 Å². The lowest BCUT2D eigenvalue weighted by Crippen LogP contribution is -2.38. The van der Waals surface area contributed by atoms with Gasteiger partial charge in [-0.15, -0.1) is 0 Å². The third kappa shape index (κ3) is 3.63. The number of ether oxygens (including phenoxy) is 1. The molecule has 2 rings (SSSR count). The summed E-state index contributed by atoms with van der Waals surface area (Å²) in [5.74, 6) is 0.446. The van der Waals surface area contributed by atoms with Gasteiger partial charge in [-0.2, -0.15) is 0 Å². The fourth-order valence-electron chi connectivity index (χ4n) is 2.84. The Morgan fingerprint density at radius 1 is 1.24 bits per heavy atom. The molecule has 0 aliphatic carbocycles. The van der Waals surface area contributed by atoms with Crippen molar-refractivity contribution in [1.29, 1.82) is 0 Å². The Bertz CT molecular complexity index is 461. The zero-order valence-corrected chi connectivity index (χ0v) is 13.4. The Kier molecular flexibility index (Phi) is 5.37. The minimum atomic E-state index is -0.121. The molecular weight excluding hydrogens is 264 g/mol. The van der Waals surface area contributed by atoms with Gasteiger partial charge in [0.2, 0.25) is 5.91 Å². The van der Waals surface area contributed by atoms with Crippen LogP contribution in [0.15, 0.2) is 30.3 Å². The summed E-state index contributed by atoms with van der Waals surface area (Å²) in [6, 6.07) is 10.0. The topological polar surface area (TPSA) is 41.6 Å². The molecule has 1 fully saturated rings. The number of benzene rings is 1. The van der Waals surface area contributed by atoms with Crippen molar-refractivity contribution < 1.29 is 9.53 Å². The van der Waals surface area contributed by atoms with Crippen molar-refractivity contribution in [2.75, 3.05) is 13.2 Å². The van der Waals surface area contributed by atoms with Crippen LogP contribution >= 0.6 is 0 Å². The monoisotopic (exact) mass is 290 g/mol. The minimum absolute atomic E-state index is 0.0397. The van der Waals surface area contributed by atoms with Crippen molar-refractivity contribution in [3.05, 3.63) is 35.9 Å². The van der Waals surface area contributed by atoms with E-state index < -0.39 is 0 Å². The molecule has 1 amide bonds. The lowest BCUT2D eigenvalue weighted by Gasteiger charge is -2.27. The van der Waals surface area contributed by atoms with Crippen LogP contribution in [-0.4, -0.2) is 36.1 Å². The molecule has 0 saturated carbocycles. The Morgan fingerprint density at radius 3 is 2.48 bits per heavy atom. The molecule has 0 spiro atoms. The first-order chi connectivity index (χ1) is 10.0. The smallest absolute Gasteiger partial charge is 0.241 e. The highest BCUT2D eigenvalue weighted by Crippen LogP contribution is 2.28. The Morgan fingerprint density at radius 2 is 1.90 bits per heavy atom. The van der Waals surface area contributed by atoms with Gasteiger partial charge in [-0.1, -0.05) is 44.2 Å². The van der Waals surface area contributed by atoms with Crippen molar-refractivity contribution in [2.24, 2.45) is 5.92 Å². The number of carbonyl (C=O) groups excluding carboxylic acids is 1. The molecular formula is C17H26N2O2. The second kappa shape index (κ2) is 7.05. The van der Waals surface area contributed by atoms with Crippen LogP contribution in [0.5, 0.6) is 0 Å². The maximum atomic E-state index is 12.7. The highest BCUT2D eigenvalue weighted by molar-refractivity contribution is 5.84. The summed E-state index contributed by atoms with van der Waals surface area (Å²) in [6.07, 6.45) is -0.0214. The zero-order valence-electron chi connectivity index (χ0n) is 13.4. The second-order valence-electron chi connectivity index (χ2n) is 5.96. The van der Waals surface area contributed by atoms with Gasteiger partial charge in [-0.25, -0.2) is 0 Å². The number of carbonyl (C=O) groups is 1. The number of amides is 1. The van der Waals surface area contributed by atoms with Crippen LogP contribution in [0, 0.1) is 5.92 Å². The summed E-state index contributed by atoms with van der Waals surface area (Å²) in [7, 11) is 0. The van der Waals surface area contributed by atoms with Crippen molar-refractivity contribution in [3.63, 3.8) is 0 Å². The lowest BCUT2D eigenvalue weighted by molar-refractivity contribution is -0.132. The van der Waals surface area contributed by atoms with E-state index in [0.717, 1.165) is 5.56 Å². The van der Waals surface area contributed by atoms with Gasteiger partial charge in [0.15, 0.2) is 0 Å². The summed E-state index contributed by atoms with van der Waals surface area (Å²) in [5, 5.41) is 3.47. The maximum absolute atomic E-state index is 12.7. The molecule has 1 aliphatic rings. The molecule has 1 aromatic rings. The van der Waals surface area contributed by atoms with Gasteiger partial charge in [-0.05, 0) is 25.3 Å². The van der Waals surface area contributed by atoms with Crippen LogP contribution in [0.25, 0.3) is 0 Å². The van der Waals surface area contributed by atoms with Crippen LogP contribution in [0.4, 0.5) is 0 Å². The molecule has 21 heavy (non-hydrogen) atoms. The van der Waals surface area contributed by atoms with E-state index in [4.69, 9.17) is 4.74 Å². The number of hydrogen-bond acceptors (Lipinski definition) is 3. The van der Waals surface area contributed by atoms with E-state index in [2.05, 4.69) is 31.3 Å². The largest absolute Gasteiger partial charge is 0.377 e. The van der Waals surface area contributed by atoms with Crippen LogP contribution in [0.3, 0.4) is 0 Å². The predicted molar refractivity (Wildman–Crippen MR) is 83.7 cm³/mol. The third-order valence-electron chi connectivity index (χ3n) is 3.89. The van der Waals surface area contributed by atoms with Gasteiger partial charge in [0.25, 0.3) is 0 Å². The first kappa shape index (κ1) is 16.0. The first-order valence-corrected chi connectivity index (χ1v) is 7.77. The lowest BCUT2D eigenvalue weighted by atomic mass is 10.1. The Balaban J connectivity index is 2.21. The van der Waals surface area contributed by atoms with E-state index in [9.17, 15) is 4.79 Å².